The van der Waals surface area contributed by atoms with E-state index in [0.717, 1.165) is 29.9 Å². The molecular weight excluding hydrogens is 319 g/mol. The van der Waals surface area contributed by atoms with Crippen molar-refractivity contribution in [3.05, 3.63) is 60.3 Å². The zero-order chi connectivity index (χ0) is 17.4. The Bertz CT molecular complexity index is 928. The number of carbonyl (C=O) groups excluding carboxylic acids is 1. The van der Waals surface area contributed by atoms with Gasteiger partial charge in [0.2, 0.25) is 0 Å². The van der Waals surface area contributed by atoms with Gasteiger partial charge in [0.05, 0.1) is 5.56 Å². The number of piperazine rings is 1. The molecule has 6 heteroatoms. The normalized spacial score (nSPS) is 15.7. The standard InChI is InChI=1S/C19H19FN4O/c1-22-8-10-23(11-9-22)19(25)16-4-2-14(12-17(16)20)15-3-5-18-21-6-7-24(18)13-15/h2-7,12-13H,8-11H2,1H3. The lowest BCUT2D eigenvalue weighted by molar-refractivity contribution is 0.0659. The molecule has 0 aliphatic carbocycles. The van der Waals surface area contributed by atoms with Crippen molar-refractivity contribution in [2.75, 3.05) is 33.2 Å². The molecule has 0 radical (unpaired) electrons. The van der Waals surface area contributed by atoms with Crippen LogP contribution < -0.4 is 0 Å². The first-order valence-electron chi connectivity index (χ1n) is 8.32. The van der Waals surface area contributed by atoms with E-state index < -0.39 is 5.82 Å². The third-order valence-electron chi connectivity index (χ3n) is 4.71. The minimum atomic E-state index is -0.479. The molecule has 5 nitrogen and oxygen atoms in total. The zero-order valence-corrected chi connectivity index (χ0v) is 14.0. The number of carbonyl (C=O) groups is 1. The van der Waals surface area contributed by atoms with Crippen molar-refractivity contribution in [1.29, 1.82) is 0 Å². The van der Waals surface area contributed by atoms with Crippen LogP contribution in [0.1, 0.15) is 10.4 Å². The molecule has 25 heavy (non-hydrogen) atoms. The Labute approximate surface area is 145 Å². The Hall–Kier alpha value is -2.73. The predicted molar refractivity (Wildman–Crippen MR) is 94.0 cm³/mol. The van der Waals surface area contributed by atoms with Crippen LogP contribution in [0.15, 0.2) is 48.9 Å². The molecule has 128 valence electrons. The third-order valence-corrected chi connectivity index (χ3v) is 4.71. The summed E-state index contributed by atoms with van der Waals surface area (Å²) in [5.41, 5.74) is 2.59. The summed E-state index contributed by atoms with van der Waals surface area (Å²) in [4.78, 5) is 20.7. The highest BCUT2D eigenvalue weighted by Crippen LogP contribution is 2.23. The molecule has 3 aromatic rings. The van der Waals surface area contributed by atoms with Gasteiger partial charge in [-0.3, -0.25) is 4.79 Å². The lowest BCUT2D eigenvalue weighted by Crippen LogP contribution is -2.47. The highest BCUT2D eigenvalue weighted by Gasteiger charge is 2.22. The number of likely N-dealkylation sites (N-methyl/N-ethyl adjacent to an activating group) is 1. The minimum Gasteiger partial charge on any atom is -0.336 e. The van der Waals surface area contributed by atoms with Gasteiger partial charge in [0.15, 0.2) is 0 Å². The van der Waals surface area contributed by atoms with Crippen molar-refractivity contribution in [2.24, 2.45) is 0 Å². The van der Waals surface area contributed by atoms with Crippen LogP contribution in [0.5, 0.6) is 0 Å². The molecule has 0 atom stereocenters. The zero-order valence-electron chi connectivity index (χ0n) is 14.0. The average Bonchev–Trinajstić information content (AvgIpc) is 3.09. The number of hydrogen-bond acceptors (Lipinski definition) is 3. The van der Waals surface area contributed by atoms with E-state index in [0.29, 0.717) is 13.1 Å². The number of benzene rings is 1. The SMILES string of the molecule is CN1CCN(C(=O)c2ccc(-c3ccc4nccn4c3)cc2F)CC1. The molecule has 1 aliphatic heterocycles. The Kier molecular flexibility index (Phi) is 3.97. The summed E-state index contributed by atoms with van der Waals surface area (Å²) < 4.78 is 16.5. The maximum Gasteiger partial charge on any atom is 0.256 e. The van der Waals surface area contributed by atoms with Gasteiger partial charge in [-0.2, -0.15) is 0 Å². The number of imidazole rings is 1. The number of halogens is 1. The maximum absolute atomic E-state index is 14.6. The highest BCUT2D eigenvalue weighted by atomic mass is 19.1. The fourth-order valence-electron chi connectivity index (χ4n) is 3.14. The van der Waals surface area contributed by atoms with Gasteiger partial charge in [0.1, 0.15) is 11.5 Å². The molecule has 1 fully saturated rings. The Morgan fingerprint density at radius 2 is 1.84 bits per heavy atom. The monoisotopic (exact) mass is 338 g/mol. The minimum absolute atomic E-state index is 0.136. The molecule has 0 spiro atoms. The van der Waals surface area contributed by atoms with Crippen LogP contribution in [0, 0.1) is 5.82 Å². The third kappa shape index (κ3) is 3.00. The van der Waals surface area contributed by atoms with E-state index in [-0.39, 0.29) is 11.5 Å². The lowest BCUT2D eigenvalue weighted by Gasteiger charge is -2.32. The van der Waals surface area contributed by atoms with Crippen LogP contribution in [0.25, 0.3) is 16.8 Å². The number of rotatable bonds is 2. The fourth-order valence-corrected chi connectivity index (χ4v) is 3.14. The van der Waals surface area contributed by atoms with Gasteiger partial charge in [0.25, 0.3) is 5.91 Å². The Morgan fingerprint density at radius 1 is 1.08 bits per heavy atom. The second-order valence-electron chi connectivity index (χ2n) is 6.40. The summed E-state index contributed by atoms with van der Waals surface area (Å²) in [6.07, 6.45) is 5.47. The molecule has 0 bridgehead atoms. The smallest absolute Gasteiger partial charge is 0.256 e. The van der Waals surface area contributed by atoms with Crippen LogP contribution in [-0.2, 0) is 0 Å². The molecular formula is C19H19FN4O. The van der Waals surface area contributed by atoms with E-state index in [1.165, 1.54) is 6.07 Å². The van der Waals surface area contributed by atoms with E-state index in [1.54, 1.807) is 23.2 Å². The second kappa shape index (κ2) is 6.29. The molecule has 1 aromatic carbocycles. The van der Waals surface area contributed by atoms with Crippen molar-refractivity contribution < 1.29 is 9.18 Å². The van der Waals surface area contributed by atoms with E-state index in [4.69, 9.17) is 0 Å². The number of pyridine rings is 1. The van der Waals surface area contributed by atoms with Gasteiger partial charge in [-0.15, -0.1) is 0 Å². The molecule has 0 unspecified atom stereocenters. The van der Waals surface area contributed by atoms with Crippen molar-refractivity contribution in [3.63, 3.8) is 0 Å². The van der Waals surface area contributed by atoms with Crippen LogP contribution >= 0.6 is 0 Å². The summed E-state index contributed by atoms with van der Waals surface area (Å²) in [6.45, 7) is 2.90. The predicted octanol–water partition coefficient (Wildman–Crippen LogP) is 2.53. The summed E-state index contributed by atoms with van der Waals surface area (Å²) in [6, 6.07) is 8.60. The molecule has 1 saturated heterocycles. The highest BCUT2D eigenvalue weighted by molar-refractivity contribution is 5.95. The molecule has 1 aliphatic rings. The molecule has 1 amide bonds. The molecule has 3 heterocycles. The first-order chi connectivity index (χ1) is 12.1. The van der Waals surface area contributed by atoms with Crippen LogP contribution in [-0.4, -0.2) is 58.3 Å². The molecule has 2 aromatic heterocycles. The summed E-state index contributed by atoms with van der Waals surface area (Å²) in [7, 11) is 2.02. The molecule has 4 rings (SSSR count). The number of hydrogen-bond donors (Lipinski definition) is 0. The first kappa shape index (κ1) is 15.8. The van der Waals surface area contributed by atoms with Crippen molar-refractivity contribution in [3.8, 4) is 11.1 Å². The number of nitrogens with zero attached hydrogens (tertiary/aromatic N) is 4. The van der Waals surface area contributed by atoms with Crippen molar-refractivity contribution >= 4 is 11.6 Å². The Morgan fingerprint density at radius 3 is 2.60 bits per heavy atom. The topological polar surface area (TPSA) is 40.8 Å². The van der Waals surface area contributed by atoms with E-state index in [1.807, 2.05) is 36.0 Å². The van der Waals surface area contributed by atoms with Gasteiger partial charge in [-0.1, -0.05) is 6.07 Å². The molecule has 0 saturated carbocycles. The average molecular weight is 338 g/mol. The summed E-state index contributed by atoms with van der Waals surface area (Å²) in [5.74, 6) is -0.714. The maximum atomic E-state index is 14.6. The fraction of sp³-hybridized carbons (Fsp3) is 0.263. The van der Waals surface area contributed by atoms with E-state index in [2.05, 4.69) is 9.88 Å². The van der Waals surface area contributed by atoms with E-state index in [9.17, 15) is 9.18 Å². The number of aromatic nitrogens is 2. The van der Waals surface area contributed by atoms with Gasteiger partial charge in [-0.25, -0.2) is 9.37 Å². The van der Waals surface area contributed by atoms with Gasteiger partial charge < -0.3 is 14.2 Å². The number of fused-ring (bicyclic) bond motifs is 1. The van der Waals surface area contributed by atoms with Gasteiger partial charge >= 0.3 is 0 Å². The molecule has 0 N–H and O–H groups in total. The van der Waals surface area contributed by atoms with Gasteiger partial charge in [0, 0.05) is 44.8 Å². The van der Waals surface area contributed by atoms with Crippen LogP contribution in [0.2, 0.25) is 0 Å². The largest absolute Gasteiger partial charge is 0.336 e. The van der Waals surface area contributed by atoms with E-state index >= 15 is 0 Å². The van der Waals surface area contributed by atoms with Gasteiger partial charge in [-0.05, 0) is 42.4 Å². The first-order valence-corrected chi connectivity index (χ1v) is 8.32. The number of amides is 1. The quantitative estimate of drug-likeness (QED) is 0.721. The van der Waals surface area contributed by atoms with Crippen molar-refractivity contribution in [2.45, 2.75) is 0 Å². The summed E-state index contributed by atoms with van der Waals surface area (Å²) >= 11 is 0. The Balaban J connectivity index is 1.61. The van der Waals surface area contributed by atoms with Crippen LogP contribution in [0.3, 0.4) is 0 Å². The van der Waals surface area contributed by atoms with Crippen molar-refractivity contribution in [1.82, 2.24) is 19.2 Å². The lowest BCUT2D eigenvalue weighted by atomic mass is 10.0. The van der Waals surface area contributed by atoms with Crippen LogP contribution in [0.4, 0.5) is 4.39 Å². The second-order valence-corrected chi connectivity index (χ2v) is 6.40. The summed E-state index contributed by atoms with van der Waals surface area (Å²) in [5, 5.41) is 0.